The van der Waals surface area contributed by atoms with Crippen LogP contribution in [0.3, 0.4) is 0 Å². The maximum atomic E-state index is 13.5. The molecule has 1 amide bonds. The zero-order valence-corrected chi connectivity index (χ0v) is 17.5. The fourth-order valence-electron chi connectivity index (χ4n) is 3.65. The molecular weight excluding hydrogens is 377 g/mol. The van der Waals surface area contributed by atoms with Crippen LogP contribution < -0.4 is 10.2 Å². The van der Waals surface area contributed by atoms with E-state index in [1.165, 1.54) is 24.6 Å². The van der Waals surface area contributed by atoms with Crippen LogP contribution in [0.2, 0.25) is 0 Å². The van der Waals surface area contributed by atoms with Crippen molar-refractivity contribution >= 4 is 32.7 Å². The van der Waals surface area contributed by atoms with Gasteiger partial charge in [0, 0.05) is 39.9 Å². The molecule has 0 saturated carbocycles. The van der Waals surface area contributed by atoms with E-state index in [4.69, 9.17) is 0 Å². The van der Waals surface area contributed by atoms with E-state index >= 15 is 0 Å². The average Bonchev–Trinajstić information content (AvgIpc) is 2.90. The molecule has 28 heavy (non-hydrogen) atoms. The smallest absolute Gasteiger partial charge is 0.247 e. The highest BCUT2D eigenvalue weighted by atomic mass is 32.2. The summed E-state index contributed by atoms with van der Waals surface area (Å²) in [5, 5.41) is 3.27. The van der Waals surface area contributed by atoms with Crippen molar-refractivity contribution < 1.29 is 13.4 Å². The topological polar surface area (TPSA) is 62.3 Å². The van der Waals surface area contributed by atoms with E-state index in [0.717, 1.165) is 11.3 Å². The fourth-order valence-corrected chi connectivity index (χ4v) is 4.31. The predicted octanol–water partition coefficient (Wildman–Crippen LogP) is 3.48. The van der Waals surface area contributed by atoms with Crippen molar-refractivity contribution in [3.63, 3.8) is 0 Å². The van der Waals surface area contributed by atoms with E-state index in [9.17, 15) is 13.4 Å². The van der Waals surface area contributed by atoms with E-state index in [0.29, 0.717) is 23.7 Å². The van der Waals surface area contributed by atoms with E-state index in [-0.39, 0.29) is 23.2 Å². The highest BCUT2D eigenvalue weighted by Gasteiger charge is 2.41. The number of carbonyl (C=O) groups excluding carboxylic acids is 1. The molecule has 2 atom stereocenters. The molecule has 5 nitrogen and oxygen atoms in total. The third kappa shape index (κ3) is 4.35. The summed E-state index contributed by atoms with van der Waals surface area (Å²) in [6.45, 7) is 6.78. The summed E-state index contributed by atoms with van der Waals surface area (Å²) < 4.78 is 25.7. The molecule has 1 aromatic heterocycles. The van der Waals surface area contributed by atoms with Gasteiger partial charge in [-0.3, -0.25) is 9.00 Å². The van der Waals surface area contributed by atoms with Gasteiger partial charge in [-0.05, 0) is 60.5 Å². The van der Waals surface area contributed by atoms with Crippen LogP contribution in [0.5, 0.6) is 0 Å². The number of nitrogens with zero attached hydrogens (tertiary/aromatic N) is 2. The van der Waals surface area contributed by atoms with Crippen molar-refractivity contribution in [2.45, 2.75) is 38.3 Å². The second kappa shape index (κ2) is 7.20. The lowest BCUT2D eigenvalue weighted by Gasteiger charge is -2.28. The Morgan fingerprint density at radius 2 is 2.07 bits per heavy atom. The number of hydrogen-bond acceptors (Lipinski definition) is 4. The number of aryl methyl sites for hydroxylation is 1. The van der Waals surface area contributed by atoms with E-state index < -0.39 is 9.52 Å². The van der Waals surface area contributed by atoms with Gasteiger partial charge in [0.05, 0.1) is 0 Å². The Labute approximate surface area is 166 Å². The van der Waals surface area contributed by atoms with Gasteiger partial charge >= 0.3 is 0 Å². The van der Waals surface area contributed by atoms with Crippen molar-refractivity contribution in [2.24, 2.45) is 5.41 Å². The number of amides is 1. The standard InChI is InChI=1S/C21H26FN3O2S/c1-14-10-15(22)6-7-17(14)25-13-21(2,3)12-18(25)20(26)24-16-8-9-23-19(11-16)28(4,5)27/h6-11,18H,4,12-13H2,1-3,5H3,(H,23,24,26)/t18?,28-/m1/s1. The number of nitrogens with one attached hydrogen (secondary N) is 1. The molecule has 0 spiro atoms. The summed E-state index contributed by atoms with van der Waals surface area (Å²) >= 11 is 0. The Hall–Kier alpha value is -2.41. The number of anilines is 2. The SMILES string of the molecule is C=[S@](C)(=O)c1cc(NC(=O)C2CC(C)(C)CN2c2ccc(F)cc2C)ccn1. The lowest BCUT2D eigenvalue weighted by molar-refractivity contribution is -0.117. The molecule has 150 valence electrons. The largest absolute Gasteiger partial charge is 0.359 e. The van der Waals surface area contributed by atoms with Crippen LogP contribution in [-0.4, -0.2) is 39.8 Å². The number of carbonyl (C=O) groups is 1. The molecule has 2 aromatic rings. The van der Waals surface area contributed by atoms with Gasteiger partial charge in [0.2, 0.25) is 5.91 Å². The monoisotopic (exact) mass is 403 g/mol. The first-order valence-corrected chi connectivity index (χ1v) is 11.2. The van der Waals surface area contributed by atoms with Crippen molar-refractivity contribution in [2.75, 3.05) is 23.0 Å². The normalized spacial score (nSPS) is 20.6. The van der Waals surface area contributed by atoms with Crippen molar-refractivity contribution in [1.29, 1.82) is 0 Å². The van der Waals surface area contributed by atoms with Crippen LogP contribution >= 0.6 is 0 Å². The van der Waals surface area contributed by atoms with Crippen molar-refractivity contribution in [3.8, 4) is 0 Å². The predicted molar refractivity (Wildman–Crippen MR) is 113 cm³/mol. The van der Waals surface area contributed by atoms with Crippen LogP contribution in [0, 0.1) is 18.2 Å². The Balaban J connectivity index is 1.89. The number of benzene rings is 1. The van der Waals surface area contributed by atoms with Gasteiger partial charge in [-0.25, -0.2) is 9.37 Å². The van der Waals surface area contributed by atoms with Gasteiger partial charge in [-0.2, -0.15) is 0 Å². The molecule has 1 saturated heterocycles. The van der Waals surface area contributed by atoms with Crippen molar-refractivity contribution in [3.05, 3.63) is 47.9 Å². The number of pyridine rings is 1. The van der Waals surface area contributed by atoms with Gasteiger partial charge < -0.3 is 10.2 Å². The number of hydrogen-bond donors (Lipinski definition) is 1. The van der Waals surface area contributed by atoms with Crippen LogP contribution in [0.1, 0.15) is 25.8 Å². The van der Waals surface area contributed by atoms with Gasteiger partial charge in [0.1, 0.15) is 16.9 Å². The quantitative estimate of drug-likeness (QED) is 0.794. The second-order valence-corrected chi connectivity index (χ2v) is 10.7. The maximum Gasteiger partial charge on any atom is 0.247 e. The number of aromatic nitrogens is 1. The zero-order valence-electron chi connectivity index (χ0n) is 16.7. The van der Waals surface area contributed by atoms with Gasteiger partial charge in [-0.15, -0.1) is 0 Å². The molecule has 1 N–H and O–H groups in total. The van der Waals surface area contributed by atoms with E-state index in [1.54, 1.807) is 18.2 Å². The zero-order chi connectivity index (χ0) is 20.7. The summed E-state index contributed by atoms with van der Waals surface area (Å²) in [6, 6.07) is 7.51. The van der Waals surface area contributed by atoms with Crippen LogP contribution in [0.25, 0.3) is 0 Å². The molecule has 1 aliphatic rings. The minimum atomic E-state index is -2.47. The maximum absolute atomic E-state index is 13.5. The third-order valence-corrected chi connectivity index (χ3v) is 6.04. The third-order valence-electron chi connectivity index (χ3n) is 4.94. The van der Waals surface area contributed by atoms with Gasteiger partial charge in [-0.1, -0.05) is 13.8 Å². The molecule has 2 heterocycles. The lowest BCUT2D eigenvalue weighted by atomic mass is 9.90. The molecule has 3 rings (SSSR count). The summed E-state index contributed by atoms with van der Waals surface area (Å²) in [4.78, 5) is 19.2. The number of rotatable bonds is 4. The van der Waals surface area contributed by atoms with Crippen LogP contribution in [0.15, 0.2) is 41.6 Å². The Morgan fingerprint density at radius 1 is 1.36 bits per heavy atom. The molecule has 0 aliphatic carbocycles. The van der Waals surface area contributed by atoms with Crippen LogP contribution in [-0.2, 0) is 14.3 Å². The molecular formula is C21H26FN3O2S. The summed E-state index contributed by atoms with van der Waals surface area (Å²) in [5.41, 5.74) is 2.13. The van der Waals surface area contributed by atoms with Crippen molar-refractivity contribution in [1.82, 2.24) is 4.98 Å². The van der Waals surface area contributed by atoms with Gasteiger partial charge in [0.15, 0.2) is 0 Å². The van der Waals surface area contributed by atoms with E-state index in [1.807, 2.05) is 11.8 Å². The Kier molecular flexibility index (Phi) is 5.23. The Morgan fingerprint density at radius 3 is 2.71 bits per heavy atom. The highest BCUT2D eigenvalue weighted by molar-refractivity contribution is 7.99. The second-order valence-electron chi connectivity index (χ2n) is 8.32. The molecule has 1 aliphatic heterocycles. The Bertz CT molecular complexity index is 1020. The fraction of sp³-hybridized carbons (Fsp3) is 0.381. The molecule has 0 bridgehead atoms. The molecule has 1 aromatic carbocycles. The molecule has 7 heteroatoms. The first kappa shape index (κ1) is 20.3. The van der Waals surface area contributed by atoms with Crippen LogP contribution in [0.4, 0.5) is 15.8 Å². The molecule has 0 radical (unpaired) electrons. The first-order chi connectivity index (χ1) is 13.0. The summed E-state index contributed by atoms with van der Waals surface area (Å²) in [5.74, 6) is 3.19. The minimum absolute atomic E-state index is 0.0582. The van der Waals surface area contributed by atoms with Gasteiger partial charge in [0.25, 0.3) is 0 Å². The average molecular weight is 404 g/mol. The highest BCUT2D eigenvalue weighted by Crippen LogP contribution is 2.39. The first-order valence-electron chi connectivity index (χ1n) is 9.08. The number of halogens is 1. The molecule has 1 unspecified atom stereocenters. The lowest BCUT2D eigenvalue weighted by Crippen LogP contribution is -2.40. The van der Waals surface area contributed by atoms with E-state index in [2.05, 4.69) is 30.0 Å². The summed E-state index contributed by atoms with van der Waals surface area (Å²) in [7, 11) is -2.47. The minimum Gasteiger partial charge on any atom is -0.359 e. The molecule has 1 fully saturated rings. The summed E-state index contributed by atoms with van der Waals surface area (Å²) in [6.07, 6.45) is 3.70.